The van der Waals surface area contributed by atoms with Crippen LogP contribution in [0.2, 0.25) is 0 Å². The van der Waals surface area contributed by atoms with Gasteiger partial charge in [0.15, 0.2) is 0 Å². The van der Waals surface area contributed by atoms with E-state index in [2.05, 4.69) is 9.97 Å². The fourth-order valence-electron chi connectivity index (χ4n) is 1.86. The van der Waals surface area contributed by atoms with Crippen molar-refractivity contribution in [3.8, 4) is 0 Å². The fourth-order valence-corrected chi connectivity index (χ4v) is 1.86. The Morgan fingerprint density at radius 2 is 1.75 bits per heavy atom. The molecule has 0 bridgehead atoms. The third-order valence-electron chi connectivity index (χ3n) is 2.88. The van der Waals surface area contributed by atoms with Crippen molar-refractivity contribution >= 4 is 16.9 Å². The van der Waals surface area contributed by atoms with Crippen LogP contribution in [0.5, 0.6) is 0 Å². The number of carbonyl (C=O) groups excluding carboxylic acids is 1. The van der Waals surface area contributed by atoms with Crippen LogP contribution >= 0.6 is 0 Å². The number of aromatic nitrogens is 2. The van der Waals surface area contributed by atoms with E-state index in [0.29, 0.717) is 0 Å². The van der Waals surface area contributed by atoms with Crippen LogP contribution < -0.4 is 0 Å². The molecular weight excluding hydrogens is 252 g/mol. The lowest BCUT2D eigenvalue weighted by atomic mass is 10.2. The lowest BCUT2D eigenvalue weighted by molar-refractivity contribution is 0.0458. The Kier molecular flexibility index (Phi) is 3.37. The van der Waals surface area contributed by atoms with E-state index in [9.17, 15) is 4.79 Å². The number of carbonyl (C=O) groups is 1. The Morgan fingerprint density at radius 3 is 2.60 bits per heavy atom. The van der Waals surface area contributed by atoms with Gasteiger partial charge in [0.25, 0.3) is 0 Å². The maximum atomic E-state index is 11.9. The van der Waals surface area contributed by atoms with Crippen LogP contribution in [0.4, 0.5) is 0 Å². The quantitative estimate of drug-likeness (QED) is 0.682. The molecule has 0 unspecified atom stereocenters. The minimum absolute atomic E-state index is 0.0830. The average molecular weight is 264 g/mol. The van der Waals surface area contributed by atoms with Crippen molar-refractivity contribution in [3.63, 3.8) is 0 Å². The predicted octanol–water partition coefficient (Wildman–Crippen LogP) is 2.99. The summed E-state index contributed by atoms with van der Waals surface area (Å²) in [5.41, 5.74) is 1.66. The van der Waals surface area contributed by atoms with Gasteiger partial charge in [-0.15, -0.1) is 0 Å². The van der Waals surface area contributed by atoms with Crippen LogP contribution in [-0.2, 0) is 11.3 Å². The summed E-state index contributed by atoms with van der Waals surface area (Å²) in [5, 5.41) is 0.895. The SMILES string of the molecule is O=C(OCc1ccccc1)c1ncc2ccccc2n1. The number of esters is 1. The lowest BCUT2D eigenvalue weighted by Crippen LogP contribution is -2.09. The molecule has 20 heavy (non-hydrogen) atoms. The molecule has 0 saturated carbocycles. The summed E-state index contributed by atoms with van der Waals surface area (Å²) in [6.45, 7) is 0.218. The summed E-state index contributed by atoms with van der Waals surface area (Å²) in [6.07, 6.45) is 1.63. The van der Waals surface area contributed by atoms with Gasteiger partial charge in [-0.3, -0.25) is 0 Å². The van der Waals surface area contributed by atoms with Gasteiger partial charge in [-0.1, -0.05) is 48.5 Å². The van der Waals surface area contributed by atoms with E-state index >= 15 is 0 Å². The molecule has 0 aliphatic heterocycles. The minimum atomic E-state index is -0.514. The van der Waals surface area contributed by atoms with E-state index in [-0.39, 0.29) is 12.4 Å². The average Bonchev–Trinajstić information content (AvgIpc) is 2.53. The minimum Gasteiger partial charge on any atom is -0.455 e. The van der Waals surface area contributed by atoms with Crippen LogP contribution in [0.15, 0.2) is 60.8 Å². The molecule has 0 fully saturated rings. The molecule has 1 aromatic heterocycles. The van der Waals surface area contributed by atoms with Crippen LogP contribution in [-0.4, -0.2) is 15.9 Å². The second-order valence-electron chi connectivity index (χ2n) is 4.31. The van der Waals surface area contributed by atoms with Gasteiger partial charge in [0.2, 0.25) is 5.82 Å². The van der Waals surface area contributed by atoms with Gasteiger partial charge in [0, 0.05) is 11.6 Å². The Labute approximate surface area is 116 Å². The van der Waals surface area contributed by atoms with E-state index < -0.39 is 5.97 Å². The van der Waals surface area contributed by atoms with E-state index in [4.69, 9.17) is 4.74 Å². The first-order valence-electron chi connectivity index (χ1n) is 6.26. The first-order chi connectivity index (χ1) is 9.83. The standard InChI is InChI=1S/C16H12N2O2/c19-16(20-11-12-6-2-1-3-7-12)15-17-10-13-8-4-5-9-14(13)18-15/h1-10H,11H2. The van der Waals surface area contributed by atoms with Gasteiger partial charge in [-0.2, -0.15) is 0 Å². The molecule has 0 radical (unpaired) electrons. The molecule has 3 rings (SSSR count). The molecular formula is C16H12N2O2. The van der Waals surface area contributed by atoms with Crippen molar-refractivity contribution in [3.05, 3.63) is 72.2 Å². The number of benzene rings is 2. The molecule has 0 spiro atoms. The molecule has 2 aromatic carbocycles. The number of para-hydroxylation sites is 1. The van der Waals surface area contributed by atoms with Crippen LogP contribution in [0.1, 0.15) is 16.2 Å². The van der Waals surface area contributed by atoms with Gasteiger partial charge in [0.1, 0.15) is 6.61 Å². The second kappa shape index (κ2) is 5.48. The summed E-state index contributed by atoms with van der Waals surface area (Å²) in [5.74, 6) is -0.431. The molecule has 0 atom stereocenters. The molecule has 98 valence electrons. The molecule has 3 aromatic rings. The van der Waals surface area contributed by atoms with Gasteiger partial charge in [0.05, 0.1) is 5.52 Å². The van der Waals surface area contributed by atoms with Crippen molar-refractivity contribution in [2.24, 2.45) is 0 Å². The highest BCUT2D eigenvalue weighted by Gasteiger charge is 2.11. The van der Waals surface area contributed by atoms with Crippen LogP contribution in [0.25, 0.3) is 10.9 Å². The number of rotatable bonds is 3. The van der Waals surface area contributed by atoms with E-state index in [1.165, 1.54) is 0 Å². The Morgan fingerprint density at radius 1 is 1.00 bits per heavy atom. The fraction of sp³-hybridized carbons (Fsp3) is 0.0625. The molecule has 0 amide bonds. The third-order valence-corrected chi connectivity index (χ3v) is 2.88. The zero-order valence-electron chi connectivity index (χ0n) is 10.7. The summed E-state index contributed by atoms with van der Waals surface area (Å²) in [7, 11) is 0. The van der Waals surface area contributed by atoms with Crippen LogP contribution in [0, 0.1) is 0 Å². The van der Waals surface area contributed by atoms with E-state index in [1.54, 1.807) is 6.20 Å². The second-order valence-corrected chi connectivity index (χ2v) is 4.31. The Hall–Kier alpha value is -2.75. The predicted molar refractivity (Wildman–Crippen MR) is 75.1 cm³/mol. The smallest absolute Gasteiger partial charge is 0.376 e. The largest absolute Gasteiger partial charge is 0.455 e. The number of fused-ring (bicyclic) bond motifs is 1. The van der Waals surface area contributed by atoms with Crippen molar-refractivity contribution in [2.45, 2.75) is 6.61 Å². The van der Waals surface area contributed by atoms with Gasteiger partial charge in [-0.25, -0.2) is 14.8 Å². The molecule has 4 heteroatoms. The van der Waals surface area contributed by atoms with Crippen LogP contribution in [0.3, 0.4) is 0 Å². The van der Waals surface area contributed by atoms with Crippen molar-refractivity contribution in [2.75, 3.05) is 0 Å². The maximum Gasteiger partial charge on any atom is 0.376 e. The highest BCUT2D eigenvalue weighted by Crippen LogP contribution is 2.10. The van der Waals surface area contributed by atoms with Gasteiger partial charge >= 0.3 is 5.97 Å². The zero-order chi connectivity index (χ0) is 13.8. The first kappa shape index (κ1) is 12.3. The topological polar surface area (TPSA) is 52.1 Å². The third kappa shape index (κ3) is 2.64. The molecule has 0 saturated heterocycles. The van der Waals surface area contributed by atoms with Crippen molar-refractivity contribution < 1.29 is 9.53 Å². The van der Waals surface area contributed by atoms with Gasteiger partial charge < -0.3 is 4.74 Å². The van der Waals surface area contributed by atoms with Crippen molar-refractivity contribution in [1.29, 1.82) is 0 Å². The monoisotopic (exact) mass is 264 g/mol. The highest BCUT2D eigenvalue weighted by molar-refractivity contribution is 5.88. The summed E-state index contributed by atoms with van der Waals surface area (Å²) < 4.78 is 5.20. The lowest BCUT2D eigenvalue weighted by Gasteiger charge is -2.04. The molecule has 0 aliphatic rings. The normalized spacial score (nSPS) is 10.4. The number of hydrogen-bond donors (Lipinski definition) is 0. The first-order valence-corrected chi connectivity index (χ1v) is 6.26. The summed E-state index contributed by atoms with van der Waals surface area (Å²) >= 11 is 0. The van der Waals surface area contributed by atoms with Crippen molar-refractivity contribution in [1.82, 2.24) is 9.97 Å². The summed E-state index contributed by atoms with van der Waals surface area (Å²) in [4.78, 5) is 20.1. The Balaban J connectivity index is 1.75. The number of hydrogen-bond acceptors (Lipinski definition) is 4. The molecule has 0 aliphatic carbocycles. The highest BCUT2D eigenvalue weighted by atomic mass is 16.5. The molecule has 0 N–H and O–H groups in total. The number of nitrogens with zero attached hydrogens (tertiary/aromatic N) is 2. The van der Waals surface area contributed by atoms with E-state index in [1.807, 2.05) is 54.6 Å². The molecule has 4 nitrogen and oxygen atoms in total. The van der Waals surface area contributed by atoms with E-state index in [0.717, 1.165) is 16.5 Å². The summed E-state index contributed by atoms with van der Waals surface area (Å²) in [6, 6.07) is 17.0. The zero-order valence-corrected chi connectivity index (χ0v) is 10.7. The molecule has 1 heterocycles. The maximum absolute atomic E-state index is 11.9. The number of ether oxygens (including phenoxy) is 1. The Bertz CT molecular complexity index is 742. The van der Waals surface area contributed by atoms with Gasteiger partial charge in [-0.05, 0) is 11.6 Å².